The van der Waals surface area contributed by atoms with Crippen LogP contribution in [0.5, 0.6) is 5.75 Å². The highest BCUT2D eigenvalue weighted by molar-refractivity contribution is 5.98. The number of rotatable bonds is 3. The smallest absolute Gasteiger partial charge is 0.252 e. The molecule has 26 heavy (non-hydrogen) atoms. The zero-order valence-corrected chi connectivity index (χ0v) is 15.0. The van der Waals surface area contributed by atoms with Crippen LogP contribution >= 0.6 is 0 Å². The summed E-state index contributed by atoms with van der Waals surface area (Å²) in [5.74, 6) is 1.49. The van der Waals surface area contributed by atoms with E-state index in [1.54, 1.807) is 20.4 Å². The summed E-state index contributed by atoms with van der Waals surface area (Å²) < 4.78 is 7.50. The van der Waals surface area contributed by atoms with Gasteiger partial charge in [0.2, 0.25) is 0 Å². The molecule has 0 bridgehead atoms. The van der Waals surface area contributed by atoms with Crippen molar-refractivity contribution in [1.82, 2.24) is 14.9 Å². The Hall–Kier alpha value is -3.28. The Labute approximate surface area is 151 Å². The maximum absolute atomic E-state index is 11.9. The molecule has 0 saturated carbocycles. The molecule has 4 rings (SSSR count). The summed E-state index contributed by atoms with van der Waals surface area (Å²) in [6.07, 6.45) is 3.68. The topological polar surface area (TPSA) is 68.2 Å². The van der Waals surface area contributed by atoms with Crippen LogP contribution in [0.4, 0.5) is 5.82 Å². The van der Waals surface area contributed by atoms with E-state index in [1.807, 2.05) is 18.2 Å². The number of fused-ring (bicyclic) bond motifs is 2. The summed E-state index contributed by atoms with van der Waals surface area (Å²) in [6, 6.07) is 10.1. The highest BCUT2D eigenvalue weighted by atomic mass is 16.5. The van der Waals surface area contributed by atoms with Crippen molar-refractivity contribution in [3.63, 3.8) is 0 Å². The van der Waals surface area contributed by atoms with Gasteiger partial charge in [0.25, 0.3) is 5.91 Å². The number of carbonyl (C=O) groups excluding carboxylic acids is 1. The van der Waals surface area contributed by atoms with Crippen LogP contribution in [0.15, 0.2) is 36.5 Å². The summed E-state index contributed by atoms with van der Waals surface area (Å²) in [5, 5.41) is 7.10. The largest absolute Gasteiger partial charge is 0.497 e. The Bertz CT molecular complexity index is 1050. The third-order valence-corrected chi connectivity index (χ3v) is 4.76. The summed E-state index contributed by atoms with van der Waals surface area (Å²) in [5.41, 5.74) is 4.87. The van der Waals surface area contributed by atoms with E-state index < -0.39 is 0 Å². The maximum Gasteiger partial charge on any atom is 0.252 e. The second-order valence-corrected chi connectivity index (χ2v) is 6.28. The number of aryl methyl sites for hydroxylation is 1. The number of benzene rings is 1. The van der Waals surface area contributed by atoms with Gasteiger partial charge in [-0.05, 0) is 42.0 Å². The molecule has 0 fully saturated rings. The van der Waals surface area contributed by atoms with Crippen LogP contribution in [-0.4, -0.2) is 36.2 Å². The van der Waals surface area contributed by atoms with Gasteiger partial charge in [-0.25, -0.2) is 4.98 Å². The van der Waals surface area contributed by atoms with E-state index in [0.717, 1.165) is 39.3 Å². The first kappa shape index (κ1) is 16.2. The minimum Gasteiger partial charge on any atom is -0.497 e. The van der Waals surface area contributed by atoms with Crippen LogP contribution in [-0.2, 0) is 7.05 Å². The quantitative estimate of drug-likeness (QED) is 0.764. The lowest BCUT2D eigenvalue weighted by Crippen LogP contribution is -2.19. The van der Waals surface area contributed by atoms with E-state index in [4.69, 9.17) is 4.74 Å². The molecule has 2 N–H and O–H groups in total. The van der Waals surface area contributed by atoms with Gasteiger partial charge < -0.3 is 19.9 Å². The van der Waals surface area contributed by atoms with Gasteiger partial charge in [-0.15, -0.1) is 0 Å². The molecule has 1 amide bonds. The van der Waals surface area contributed by atoms with Gasteiger partial charge in [-0.2, -0.15) is 0 Å². The van der Waals surface area contributed by atoms with Crippen LogP contribution in [0.1, 0.15) is 21.6 Å². The highest BCUT2D eigenvalue weighted by Crippen LogP contribution is 2.32. The first-order valence-corrected chi connectivity index (χ1v) is 8.41. The molecule has 0 radical (unpaired) electrons. The summed E-state index contributed by atoms with van der Waals surface area (Å²) in [7, 11) is 5.34. The fourth-order valence-corrected chi connectivity index (χ4v) is 3.35. The van der Waals surface area contributed by atoms with E-state index in [1.165, 1.54) is 0 Å². The zero-order chi connectivity index (χ0) is 18.3. The second kappa shape index (κ2) is 6.22. The molecule has 0 atom stereocenters. The van der Waals surface area contributed by atoms with E-state index >= 15 is 0 Å². The van der Waals surface area contributed by atoms with Crippen LogP contribution < -0.4 is 15.4 Å². The van der Waals surface area contributed by atoms with E-state index in [-0.39, 0.29) is 5.91 Å². The average Bonchev–Trinajstić information content (AvgIpc) is 3.02. The van der Waals surface area contributed by atoms with E-state index in [2.05, 4.69) is 45.4 Å². The Kier molecular flexibility index (Phi) is 3.88. The maximum atomic E-state index is 11.9. The van der Waals surface area contributed by atoms with Crippen molar-refractivity contribution in [2.45, 2.75) is 0 Å². The number of nitrogens with one attached hydrogen (secondary N) is 2. The lowest BCUT2D eigenvalue weighted by molar-refractivity contribution is 0.0962. The number of ether oxygens (including phenoxy) is 1. The first-order chi connectivity index (χ1) is 12.6. The number of hydrogen-bond donors (Lipinski definition) is 2. The second-order valence-electron chi connectivity index (χ2n) is 6.28. The van der Waals surface area contributed by atoms with Crippen molar-refractivity contribution < 1.29 is 9.53 Å². The lowest BCUT2D eigenvalue weighted by Gasteiger charge is -2.19. The highest BCUT2D eigenvalue weighted by Gasteiger charge is 2.17. The molecule has 3 heterocycles. The fourth-order valence-electron chi connectivity index (χ4n) is 3.35. The molecule has 6 heteroatoms. The van der Waals surface area contributed by atoms with Crippen molar-refractivity contribution in [3.8, 4) is 5.75 Å². The number of nitrogens with zero attached hydrogens (tertiary/aromatic N) is 2. The van der Waals surface area contributed by atoms with Crippen molar-refractivity contribution in [1.29, 1.82) is 0 Å². The molecule has 0 saturated heterocycles. The minimum absolute atomic E-state index is 0.141. The van der Waals surface area contributed by atoms with Gasteiger partial charge in [0.15, 0.2) is 0 Å². The summed E-state index contributed by atoms with van der Waals surface area (Å²) in [4.78, 5) is 16.2. The predicted molar refractivity (Wildman–Crippen MR) is 103 cm³/mol. The first-order valence-electron chi connectivity index (χ1n) is 8.41. The number of amides is 1. The van der Waals surface area contributed by atoms with Crippen molar-refractivity contribution in [3.05, 3.63) is 53.3 Å². The molecular weight excluding hydrogens is 328 g/mol. The molecule has 1 aliphatic heterocycles. The molecule has 1 aromatic carbocycles. The molecule has 132 valence electrons. The third-order valence-electron chi connectivity index (χ3n) is 4.76. The normalized spacial score (nSPS) is 13.0. The zero-order valence-electron chi connectivity index (χ0n) is 15.0. The average molecular weight is 348 g/mol. The van der Waals surface area contributed by atoms with E-state index in [0.29, 0.717) is 12.1 Å². The summed E-state index contributed by atoms with van der Waals surface area (Å²) in [6.45, 7) is 0.681. The molecule has 1 aliphatic rings. The molecule has 0 spiro atoms. The Morgan fingerprint density at radius 3 is 2.92 bits per heavy atom. The molecule has 0 aliphatic carbocycles. The predicted octanol–water partition coefficient (Wildman–Crippen LogP) is 2.91. The minimum atomic E-state index is -0.141. The molecule has 6 nitrogen and oxygen atoms in total. The van der Waals surface area contributed by atoms with Gasteiger partial charge in [0.1, 0.15) is 11.6 Å². The number of carbonyl (C=O) groups is 1. The van der Waals surface area contributed by atoms with Gasteiger partial charge in [0, 0.05) is 49.0 Å². The Morgan fingerprint density at radius 1 is 1.31 bits per heavy atom. The fraction of sp³-hybridized carbons (Fsp3) is 0.200. The van der Waals surface area contributed by atoms with Crippen molar-refractivity contribution >= 4 is 34.3 Å². The van der Waals surface area contributed by atoms with Crippen LogP contribution in [0.25, 0.3) is 22.6 Å². The number of anilines is 1. The van der Waals surface area contributed by atoms with E-state index in [9.17, 15) is 4.79 Å². The number of methoxy groups -OCH3 is 1. The monoisotopic (exact) mass is 348 g/mol. The van der Waals surface area contributed by atoms with Crippen molar-refractivity contribution in [2.24, 2.45) is 7.05 Å². The van der Waals surface area contributed by atoms with Crippen LogP contribution in [0, 0.1) is 0 Å². The van der Waals surface area contributed by atoms with Crippen LogP contribution in [0.2, 0.25) is 0 Å². The van der Waals surface area contributed by atoms with Gasteiger partial charge in [-0.1, -0.05) is 0 Å². The SMILES string of the molecule is CNC(=O)c1cnc2c(c1)C=C(c1cc3cc(OC)ccc3n1C)CN2. The summed E-state index contributed by atoms with van der Waals surface area (Å²) >= 11 is 0. The lowest BCUT2D eigenvalue weighted by atomic mass is 10.0. The Morgan fingerprint density at radius 2 is 2.15 bits per heavy atom. The van der Waals surface area contributed by atoms with Gasteiger partial charge in [0.05, 0.1) is 12.7 Å². The van der Waals surface area contributed by atoms with Crippen molar-refractivity contribution in [2.75, 3.05) is 26.0 Å². The molecule has 3 aromatic rings. The molecule has 0 unspecified atom stereocenters. The van der Waals surface area contributed by atoms with Gasteiger partial charge in [-0.3, -0.25) is 4.79 Å². The Balaban J connectivity index is 1.79. The number of pyridine rings is 1. The molecule has 2 aromatic heterocycles. The number of aromatic nitrogens is 2. The van der Waals surface area contributed by atoms with Crippen LogP contribution in [0.3, 0.4) is 0 Å². The standard InChI is InChI=1S/C20H20N4O2/c1-21-20(25)15-7-13-6-14(10-22-19(13)23-11-15)18-9-12-8-16(26-3)4-5-17(12)24(18)2/h4-9,11H,10H2,1-3H3,(H,21,25)(H,22,23). The molecular formula is C20H20N4O2. The third kappa shape index (κ3) is 2.60. The van der Waals surface area contributed by atoms with Gasteiger partial charge >= 0.3 is 0 Å². The number of hydrogen-bond acceptors (Lipinski definition) is 4.